The lowest BCUT2D eigenvalue weighted by Gasteiger charge is -2.27. The second-order valence-electron chi connectivity index (χ2n) is 6.84. The van der Waals surface area contributed by atoms with Crippen LogP contribution in [0.3, 0.4) is 0 Å². The molecule has 0 atom stereocenters. The smallest absolute Gasteiger partial charge is 0.312 e. The normalized spacial score (nSPS) is 12.0. The molecule has 2 amide bonds. The number of hydrogen-bond donors (Lipinski definition) is 3. The number of nitrogens with one attached hydrogen (secondary N) is 1. The van der Waals surface area contributed by atoms with E-state index in [1.807, 2.05) is 49.6 Å². The zero-order valence-electron chi connectivity index (χ0n) is 15.2. The topological polar surface area (TPSA) is 121 Å². The number of nitrogen functional groups attached to an aromatic ring is 1. The standard InChI is InChI=1S/C18H24N6O2/c1-4-26-9-13-22-14-15(24(13)10-18(2,3)23-17(20)25)11-7-5-6-8-12(11)21-16(14)19/h5-8H,4,9-10H2,1-3H3,(H2,19,21)(H3,20,23,25). The SMILES string of the molecule is CCOCc1nc2c(N)nc3ccccc3c2n1CC(C)(C)NC(N)=O. The Kier molecular flexibility index (Phi) is 4.69. The number of ether oxygens (including phenoxy) is 1. The van der Waals surface area contributed by atoms with Gasteiger partial charge in [-0.15, -0.1) is 0 Å². The van der Waals surface area contributed by atoms with E-state index < -0.39 is 11.6 Å². The molecule has 5 N–H and O–H groups in total. The first-order valence-electron chi connectivity index (χ1n) is 8.51. The molecule has 26 heavy (non-hydrogen) atoms. The van der Waals surface area contributed by atoms with Crippen LogP contribution in [0.4, 0.5) is 10.6 Å². The number of carbonyl (C=O) groups is 1. The molecule has 0 aliphatic heterocycles. The molecule has 3 aromatic rings. The Bertz CT molecular complexity index is 963. The molecular weight excluding hydrogens is 332 g/mol. The number of pyridine rings is 1. The second kappa shape index (κ2) is 6.80. The van der Waals surface area contributed by atoms with Crippen molar-refractivity contribution < 1.29 is 9.53 Å². The highest BCUT2D eigenvalue weighted by Gasteiger charge is 2.25. The minimum Gasteiger partial charge on any atom is -0.382 e. The van der Waals surface area contributed by atoms with Crippen molar-refractivity contribution in [3.63, 3.8) is 0 Å². The lowest BCUT2D eigenvalue weighted by molar-refractivity contribution is 0.125. The quantitative estimate of drug-likeness (QED) is 0.625. The summed E-state index contributed by atoms with van der Waals surface area (Å²) < 4.78 is 7.61. The lowest BCUT2D eigenvalue weighted by Crippen LogP contribution is -2.49. The van der Waals surface area contributed by atoms with Crippen LogP contribution in [0.25, 0.3) is 21.9 Å². The minimum atomic E-state index is -0.584. The van der Waals surface area contributed by atoms with Gasteiger partial charge in [0.2, 0.25) is 0 Å². The molecule has 0 unspecified atom stereocenters. The Balaban J connectivity index is 2.24. The highest BCUT2D eigenvalue weighted by Crippen LogP contribution is 2.30. The van der Waals surface area contributed by atoms with E-state index in [0.29, 0.717) is 31.1 Å². The molecule has 0 bridgehead atoms. The van der Waals surface area contributed by atoms with Crippen LogP contribution < -0.4 is 16.8 Å². The first-order chi connectivity index (χ1) is 12.3. The van der Waals surface area contributed by atoms with Crippen LogP contribution in [0.15, 0.2) is 24.3 Å². The highest BCUT2D eigenvalue weighted by molar-refractivity contribution is 6.06. The third kappa shape index (κ3) is 3.41. The van der Waals surface area contributed by atoms with Gasteiger partial charge in [-0.2, -0.15) is 0 Å². The molecular formula is C18H24N6O2. The fourth-order valence-electron chi connectivity index (χ4n) is 3.15. The zero-order valence-corrected chi connectivity index (χ0v) is 15.2. The van der Waals surface area contributed by atoms with Gasteiger partial charge in [0.05, 0.1) is 16.6 Å². The Morgan fingerprint density at radius 3 is 2.73 bits per heavy atom. The molecule has 0 aliphatic carbocycles. The van der Waals surface area contributed by atoms with E-state index >= 15 is 0 Å². The Morgan fingerprint density at radius 1 is 1.31 bits per heavy atom. The summed E-state index contributed by atoms with van der Waals surface area (Å²) in [5.74, 6) is 1.10. The third-order valence-corrected chi connectivity index (χ3v) is 4.14. The minimum absolute atomic E-state index is 0.339. The predicted molar refractivity (Wildman–Crippen MR) is 102 cm³/mol. The summed E-state index contributed by atoms with van der Waals surface area (Å²) in [5, 5.41) is 3.72. The largest absolute Gasteiger partial charge is 0.382 e. The van der Waals surface area contributed by atoms with Crippen molar-refractivity contribution in [1.82, 2.24) is 19.9 Å². The maximum Gasteiger partial charge on any atom is 0.312 e. The van der Waals surface area contributed by atoms with Crippen LogP contribution in [0.2, 0.25) is 0 Å². The molecule has 2 heterocycles. The number of hydrogen-bond acceptors (Lipinski definition) is 5. The van der Waals surface area contributed by atoms with E-state index in [2.05, 4.69) is 15.3 Å². The van der Waals surface area contributed by atoms with Crippen molar-refractivity contribution >= 4 is 33.8 Å². The van der Waals surface area contributed by atoms with Gasteiger partial charge in [0.15, 0.2) is 5.82 Å². The number of nitrogens with zero attached hydrogens (tertiary/aromatic N) is 3. The van der Waals surface area contributed by atoms with Crippen molar-refractivity contribution in [2.45, 2.75) is 39.5 Å². The molecule has 0 radical (unpaired) electrons. The number of para-hydroxylation sites is 1. The molecule has 2 aromatic heterocycles. The molecule has 0 saturated heterocycles. The number of primary amides is 1. The summed E-state index contributed by atoms with van der Waals surface area (Å²) in [7, 11) is 0. The molecule has 0 fully saturated rings. The second-order valence-corrected chi connectivity index (χ2v) is 6.84. The molecule has 0 saturated carbocycles. The Morgan fingerprint density at radius 2 is 2.04 bits per heavy atom. The number of fused-ring (bicyclic) bond motifs is 3. The number of aromatic nitrogens is 3. The van der Waals surface area contributed by atoms with Crippen LogP contribution in [0.5, 0.6) is 0 Å². The van der Waals surface area contributed by atoms with Gasteiger partial charge in [-0.25, -0.2) is 14.8 Å². The van der Waals surface area contributed by atoms with Crippen molar-refractivity contribution in [1.29, 1.82) is 0 Å². The summed E-state index contributed by atoms with van der Waals surface area (Å²) in [5.41, 5.74) is 13.2. The number of benzene rings is 1. The number of anilines is 1. The summed E-state index contributed by atoms with van der Waals surface area (Å²) >= 11 is 0. The van der Waals surface area contributed by atoms with Gasteiger partial charge in [0.25, 0.3) is 0 Å². The maximum absolute atomic E-state index is 11.4. The molecule has 8 nitrogen and oxygen atoms in total. The number of carbonyl (C=O) groups excluding carboxylic acids is 1. The number of urea groups is 1. The third-order valence-electron chi connectivity index (χ3n) is 4.14. The lowest BCUT2D eigenvalue weighted by atomic mass is 10.1. The van der Waals surface area contributed by atoms with Gasteiger partial charge >= 0.3 is 6.03 Å². The highest BCUT2D eigenvalue weighted by atomic mass is 16.5. The molecule has 0 spiro atoms. The Hall–Kier alpha value is -2.87. The van der Waals surface area contributed by atoms with Gasteiger partial charge in [-0.1, -0.05) is 18.2 Å². The molecule has 1 aromatic carbocycles. The first kappa shape index (κ1) is 17.9. The van der Waals surface area contributed by atoms with E-state index in [1.54, 1.807) is 0 Å². The van der Waals surface area contributed by atoms with E-state index in [4.69, 9.17) is 16.2 Å². The monoisotopic (exact) mass is 356 g/mol. The van der Waals surface area contributed by atoms with Crippen molar-refractivity contribution in [2.75, 3.05) is 12.3 Å². The Labute approximate surface area is 151 Å². The van der Waals surface area contributed by atoms with E-state index in [9.17, 15) is 4.79 Å². The fraction of sp³-hybridized carbons (Fsp3) is 0.389. The summed E-state index contributed by atoms with van der Waals surface area (Å²) in [6.45, 7) is 7.10. The summed E-state index contributed by atoms with van der Waals surface area (Å²) in [6.07, 6.45) is 0. The fourth-order valence-corrected chi connectivity index (χ4v) is 3.15. The average molecular weight is 356 g/mol. The van der Waals surface area contributed by atoms with Crippen molar-refractivity contribution in [2.24, 2.45) is 5.73 Å². The molecule has 138 valence electrons. The van der Waals surface area contributed by atoms with Gasteiger partial charge in [0.1, 0.15) is 17.9 Å². The van der Waals surface area contributed by atoms with Crippen LogP contribution >= 0.6 is 0 Å². The van der Waals surface area contributed by atoms with Gasteiger partial charge < -0.3 is 26.1 Å². The number of imidazole rings is 1. The molecule has 0 aliphatic rings. The van der Waals surface area contributed by atoms with Crippen molar-refractivity contribution in [3.05, 3.63) is 30.1 Å². The zero-order chi connectivity index (χ0) is 18.9. The van der Waals surface area contributed by atoms with Crippen LogP contribution in [-0.2, 0) is 17.9 Å². The van der Waals surface area contributed by atoms with Crippen LogP contribution in [0, 0.1) is 0 Å². The summed E-state index contributed by atoms with van der Waals surface area (Å²) in [4.78, 5) is 20.5. The molecule has 3 rings (SSSR count). The van der Waals surface area contributed by atoms with Gasteiger partial charge in [-0.05, 0) is 26.8 Å². The van der Waals surface area contributed by atoms with E-state index in [1.165, 1.54) is 0 Å². The maximum atomic E-state index is 11.4. The predicted octanol–water partition coefficient (Wildman–Crippen LogP) is 2.15. The first-order valence-corrected chi connectivity index (χ1v) is 8.51. The van der Waals surface area contributed by atoms with Crippen LogP contribution in [0.1, 0.15) is 26.6 Å². The number of amides is 2. The molecule has 8 heteroatoms. The van der Waals surface area contributed by atoms with Crippen LogP contribution in [-0.4, -0.2) is 32.7 Å². The number of nitrogens with two attached hydrogens (primary N) is 2. The number of rotatable bonds is 6. The van der Waals surface area contributed by atoms with Gasteiger partial charge in [0, 0.05) is 18.5 Å². The van der Waals surface area contributed by atoms with E-state index in [-0.39, 0.29) is 0 Å². The van der Waals surface area contributed by atoms with Crippen molar-refractivity contribution in [3.8, 4) is 0 Å². The summed E-state index contributed by atoms with van der Waals surface area (Å²) in [6, 6.07) is 7.20. The van der Waals surface area contributed by atoms with Gasteiger partial charge in [-0.3, -0.25) is 0 Å². The average Bonchev–Trinajstić information content (AvgIpc) is 2.90. The van der Waals surface area contributed by atoms with E-state index in [0.717, 1.165) is 22.2 Å².